The van der Waals surface area contributed by atoms with Crippen LogP contribution in [0, 0.1) is 11.6 Å². The molecule has 0 saturated heterocycles. The normalized spacial score (nSPS) is 12.9. The fourth-order valence-corrected chi connectivity index (χ4v) is 4.91. The fourth-order valence-electron chi connectivity index (χ4n) is 4.21. The van der Waals surface area contributed by atoms with Crippen LogP contribution < -0.4 is 9.46 Å². The van der Waals surface area contributed by atoms with Gasteiger partial charge in [0.05, 0.1) is 25.3 Å². The molecule has 0 unspecified atom stereocenters. The highest BCUT2D eigenvalue weighted by Crippen LogP contribution is 2.41. The van der Waals surface area contributed by atoms with Crippen molar-refractivity contribution < 1.29 is 45.2 Å². The average molecular weight is 625 g/mol. The Hall–Kier alpha value is -3.68. The standard InChI is InChI=1S/C30H29F5N2O5S/c1-5-40-26(38)12-18-6-7-19(31)13-25(18)41-15-17-10-21(28-22(11-17)23(16-42-28)30(33,34)35)20-8-9-36-24(27(20)32)14-37-43(39)29(2,3)4/h6-11,13,16,37H,5,12,14-15H2,1-4H3/t43-/m0/s1. The first-order valence-electron chi connectivity index (χ1n) is 13.2. The Balaban J connectivity index is 1.74. The van der Waals surface area contributed by atoms with Crippen LogP contribution >= 0.6 is 0 Å². The van der Waals surface area contributed by atoms with Crippen molar-refractivity contribution in [2.75, 3.05) is 6.61 Å². The van der Waals surface area contributed by atoms with Crippen molar-refractivity contribution in [2.45, 2.75) is 58.2 Å². The molecule has 0 bridgehead atoms. The second-order valence-corrected chi connectivity index (χ2v) is 12.6. The van der Waals surface area contributed by atoms with Crippen LogP contribution in [0.25, 0.3) is 22.1 Å². The molecule has 2 aromatic heterocycles. The maximum absolute atomic E-state index is 15.8. The predicted molar refractivity (Wildman–Crippen MR) is 150 cm³/mol. The Morgan fingerprint density at radius 3 is 2.51 bits per heavy atom. The van der Waals surface area contributed by atoms with Gasteiger partial charge in [0.2, 0.25) is 0 Å². The molecular weight excluding hydrogens is 595 g/mol. The van der Waals surface area contributed by atoms with Crippen molar-refractivity contribution in [3.63, 3.8) is 0 Å². The number of pyridine rings is 1. The van der Waals surface area contributed by atoms with E-state index in [2.05, 4.69) is 9.71 Å². The Kier molecular flexibility index (Phi) is 9.67. The van der Waals surface area contributed by atoms with Gasteiger partial charge in [-0.15, -0.1) is 4.72 Å². The third-order valence-electron chi connectivity index (χ3n) is 6.28. The summed E-state index contributed by atoms with van der Waals surface area (Å²) in [7, 11) is 0. The van der Waals surface area contributed by atoms with E-state index in [1.807, 2.05) is 0 Å². The molecule has 4 aromatic rings. The smallest absolute Gasteiger partial charge is 0.420 e. The van der Waals surface area contributed by atoms with Gasteiger partial charge in [0.25, 0.3) is 0 Å². The van der Waals surface area contributed by atoms with E-state index in [0.29, 0.717) is 11.8 Å². The summed E-state index contributed by atoms with van der Waals surface area (Å²) in [6, 6.07) is 7.43. The summed E-state index contributed by atoms with van der Waals surface area (Å²) in [5.74, 6) is -2.07. The SMILES string of the molecule is CCOC(=O)Cc1ccc(F)cc1OCc1cc(-c2ccnc(CN[S@@+]([O-])C(C)(C)C)c2F)c2occ(C(F)(F)F)c2c1. The first-order chi connectivity index (χ1) is 20.2. The average Bonchev–Trinajstić information content (AvgIpc) is 3.36. The number of rotatable bonds is 10. The zero-order valence-corrected chi connectivity index (χ0v) is 24.6. The second-order valence-electron chi connectivity index (χ2n) is 10.5. The largest absolute Gasteiger partial charge is 0.598 e. The van der Waals surface area contributed by atoms with Gasteiger partial charge < -0.3 is 18.4 Å². The van der Waals surface area contributed by atoms with Crippen LogP contribution in [-0.4, -0.2) is 26.9 Å². The minimum atomic E-state index is -4.78. The molecule has 2 heterocycles. The summed E-state index contributed by atoms with van der Waals surface area (Å²) in [5, 5.41) is -0.334. The highest BCUT2D eigenvalue weighted by Gasteiger charge is 2.36. The molecular formula is C30H29F5N2O5S. The number of nitrogens with one attached hydrogen (secondary N) is 1. The lowest BCUT2D eigenvalue weighted by atomic mass is 9.98. The topological polar surface area (TPSA) is 96.7 Å². The lowest BCUT2D eigenvalue weighted by Crippen LogP contribution is -2.39. The molecule has 0 aliphatic carbocycles. The molecule has 4 rings (SSSR count). The predicted octanol–water partition coefficient (Wildman–Crippen LogP) is 7.03. The summed E-state index contributed by atoms with van der Waals surface area (Å²) in [6.45, 7) is 6.43. The van der Waals surface area contributed by atoms with Gasteiger partial charge in [-0.3, -0.25) is 9.78 Å². The van der Waals surface area contributed by atoms with Gasteiger partial charge in [0.15, 0.2) is 5.82 Å². The van der Waals surface area contributed by atoms with Crippen molar-refractivity contribution >= 4 is 28.3 Å². The first kappa shape index (κ1) is 32.2. The van der Waals surface area contributed by atoms with Crippen LogP contribution in [-0.2, 0) is 46.6 Å². The van der Waals surface area contributed by atoms with Crippen LogP contribution in [0.15, 0.2) is 53.3 Å². The number of halogens is 5. The number of benzene rings is 2. The van der Waals surface area contributed by atoms with E-state index in [-0.39, 0.29) is 65.3 Å². The molecule has 0 aliphatic rings. The Bertz CT molecular complexity index is 1620. The molecule has 7 nitrogen and oxygen atoms in total. The summed E-state index contributed by atoms with van der Waals surface area (Å²) < 4.78 is 102. The molecule has 43 heavy (non-hydrogen) atoms. The third-order valence-corrected chi connectivity index (χ3v) is 7.80. The number of hydrogen-bond donors (Lipinski definition) is 1. The molecule has 0 aliphatic heterocycles. The summed E-state index contributed by atoms with van der Waals surface area (Å²) in [5.41, 5.74) is -0.997. The zero-order chi connectivity index (χ0) is 31.5. The number of alkyl halides is 3. The van der Waals surface area contributed by atoms with E-state index in [4.69, 9.17) is 13.9 Å². The van der Waals surface area contributed by atoms with Crippen molar-refractivity contribution in [2.24, 2.45) is 0 Å². The quantitative estimate of drug-likeness (QED) is 0.115. The third kappa shape index (κ3) is 7.64. The highest BCUT2D eigenvalue weighted by molar-refractivity contribution is 7.90. The van der Waals surface area contributed by atoms with Crippen molar-refractivity contribution in [3.8, 4) is 16.9 Å². The van der Waals surface area contributed by atoms with Crippen LogP contribution in [0.3, 0.4) is 0 Å². The van der Waals surface area contributed by atoms with Crippen LogP contribution in [0.5, 0.6) is 5.75 Å². The molecule has 0 fully saturated rings. The number of furan rings is 1. The molecule has 0 radical (unpaired) electrons. The van der Waals surface area contributed by atoms with Crippen molar-refractivity contribution in [3.05, 3.63) is 82.9 Å². The molecule has 2 aromatic carbocycles. The lowest BCUT2D eigenvalue weighted by molar-refractivity contribution is -0.142. The van der Waals surface area contributed by atoms with Crippen LogP contribution in [0.2, 0.25) is 0 Å². The number of carbonyl (C=O) groups excluding carboxylic acids is 1. The van der Waals surface area contributed by atoms with Gasteiger partial charge >= 0.3 is 12.1 Å². The molecule has 230 valence electrons. The number of aromatic nitrogens is 1. The Labute approximate surface area is 247 Å². The molecule has 13 heteroatoms. The van der Waals surface area contributed by atoms with E-state index >= 15 is 4.39 Å². The molecule has 0 saturated carbocycles. The van der Waals surface area contributed by atoms with E-state index in [1.165, 1.54) is 30.5 Å². The number of esters is 1. The Morgan fingerprint density at radius 1 is 1.09 bits per heavy atom. The zero-order valence-electron chi connectivity index (χ0n) is 23.7. The van der Waals surface area contributed by atoms with E-state index in [0.717, 1.165) is 12.1 Å². The van der Waals surface area contributed by atoms with E-state index < -0.39 is 45.5 Å². The molecule has 0 spiro atoms. The molecule has 1 N–H and O–H groups in total. The fraction of sp³-hybridized carbons (Fsp3) is 0.333. The van der Waals surface area contributed by atoms with Gasteiger partial charge in [0.1, 0.15) is 40.3 Å². The summed E-state index contributed by atoms with van der Waals surface area (Å²) >= 11 is -1.53. The molecule has 0 amide bonds. The minimum absolute atomic E-state index is 0.00400. The highest BCUT2D eigenvalue weighted by atomic mass is 32.2. The Morgan fingerprint density at radius 2 is 1.84 bits per heavy atom. The van der Waals surface area contributed by atoms with E-state index in [9.17, 15) is 26.9 Å². The van der Waals surface area contributed by atoms with Crippen LogP contribution in [0.1, 0.15) is 50.1 Å². The van der Waals surface area contributed by atoms with Crippen LogP contribution in [0.4, 0.5) is 22.0 Å². The lowest BCUT2D eigenvalue weighted by Gasteiger charge is -2.23. The number of carbonyl (C=O) groups is 1. The van der Waals surface area contributed by atoms with E-state index in [1.54, 1.807) is 27.7 Å². The monoisotopic (exact) mass is 624 g/mol. The van der Waals surface area contributed by atoms with Crippen molar-refractivity contribution in [1.29, 1.82) is 0 Å². The summed E-state index contributed by atoms with van der Waals surface area (Å²) in [4.78, 5) is 16.0. The van der Waals surface area contributed by atoms with Gasteiger partial charge in [-0.05, 0) is 57.5 Å². The van der Waals surface area contributed by atoms with Gasteiger partial charge in [-0.2, -0.15) is 13.2 Å². The maximum Gasteiger partial charge on any atom is 0.420 e. The van der Waals surface area contributed by atoms with Gasteiger partial charge in [-0.1, -0.05) is 6.07 Å². The number of nitrogens with zero attached hydrogens (tertiary/aromatic N) is 1. The maximum atomic E-state index is 15.8. The van der Waals surface area contributed by atoms with Gasteiger partial charge in [-0.25, -0.2) is 8.78 Å². The number of hydrogen-bond acceptors (Lipinski definition) is 7. The molecule has 1 atom stereocenters. The summed E-state index contributed by atoms with van der Waals surface area (Å²) in [6.07, 6.45) is -3.16. The number of ether oxygens (including phenoxy) is 2. The minimum Gasteiger partial charge on any atom is -0.598 e. The van der Waals surface area contributed by atoms with Gasteiger partial charge in [0, 0.05) is 45.7 Å². The first-order valence-corrected chi connectivity index (χ1v) is 14.3. The second kappa shape index (κ2) is 12.9. The number of fused-ring (bicyclic) bond motifs is 1. The van der Waals surface area contributed by atoms with Crippen molar-refractivity contribution in [1.82, 2.24) is 9.71 Å².